The first kappa shape index (κ1) is 13.3. The van der Waals surface area contributed by atoms with Crippen LogP contribution in [-0.4, -0.2) is 16.1 Å². The van der Waals surface area contributed by atoms with Gasteiger partial charge in [-0.25, -0.2) is 0 Å². The number of hydrogen-bond donors (Lipinski definition) is 2. The van der Waals surface area contributed by atoms with Crippen LogP contribution in [0.25, 0.3) is 0 Å². The minimum absolute atomic E-state index is 0.115. The third-order valence-corrected chi connectivity index (χ3v) is 2.49. The summed E-state index contributed by atoms with van der Waals surface area (Å²) in [6.07, 6.45) is -1.10. The van der Waals surface area contributed by atoms with Gasteiger partial charge in [-0.1, -0.05) is 39.4 Å². The van der Waals surface area contributed by atoms with Crippen molar-refractivity contribution in [3.8, 4) is 0 Å². The van der Waals surface area contributed by atoms with Crippen molar-refractivity contribution in [2.45, 2.75) is 12.7 Å². The SMILES string of the molecule is O=[P+](O)OC(Cc1ccccc1)O[P+](=O)O. The van der Waals surface area contributed by atoms with E-state index < -0.39 is 22.8 Å². The smallest absolute Gasteiger partial charge is 0.133 e. The van der Waals surface area contributed by atoms with Crippen LogP contribution in [0.1, 0.15) is 5.56 Å². The average Bonchev–Trinajstić information content (AvgIpc) is 2.16. The highest BCUT2D eigenvalue weighted by atomic mass is 31.1. The Balaban J connectivity index is 2.63. The van der Waals surface area contributed by atoms with Crippen LogP contribution in [0.3, 0.4) is 0 Å². The molecule has 2 N–H and O–H groups in total. The number of benzene rings is 1. The molecule has 0 amide bonds. The first-order valence-corrected chi connectivity index (χ1v) is 6.53. The molecule has 2 atom stereocenters. The van der Waals surface area contributed by atoms with Crippen molar-refractivity contribution in [1.29, 1.82) is 0 Å². The van der Waals surface area contributed by atoms with Gasteiger partial charge < -0.3 is 0 Å². The topological polar surface area (TPSA) is 93.1 Å². The Hall–Kier alpha value is -0.740. The summed E-state index contributed by atoms with van der Waals surface area (Å²) in [5, 5.41) is 0. The first-order valence-electron chi connectivity index (χ1n) is 4.27. The van der Waals surface area contributed by atoms with Gasteiger partial charge in [0.2, 0.25) is 0 Å². The highest BCUT2D eigenvalue weighted by Crippen LogP contribution is 2.27. The van der Waals surface area contributed by atoms with E-state index in [1.54, 1.807) is 30.3 Å². The van der Waals surface area contributed by atoms with Gasteiger partial charge in [-0.3, -0.25) is 0 Å². The molecule has 0 aliphatic carbocycles. The van der Waals surface area contributed by atoms with Gasteiger partial charge in [0.05, 0.1) is 0 Å². The van der Waals surface area contributed by atoms with Crippen molar-refractivity contribution in [3.05, 3.63) is 35.9 Å². The average molecular weight is 264 g/mol. The number of hydrogen-bond acceptors (Lipinski definition) is 4. The molecule has 8 heteroatoms. The molecular formula is C8H10O6P2+2. The van der Waals surface area contributed by atoms with Gasteiger partial charge in [0.1, 0.15) is 0 Å². The Kier molecular flexibility index (Phi) is 5.63. The Morgan fingerprint density at radius 3 is 2.00 bits per heavy atom. The normalized spacial score (nSPS) is 14.4. The maximum atomic E-state index is 10.5. The molecule has 2 unspecified atom stereocenters. The molecule has 1 aromatic carbocycles. The van der Waals surface area contributed by atoms with Gasteiger partial charge in [-0.2, -0.15) is 0 Å². The molecule has 0 bridgehead atoms. The van der Waals surface area contributed by atoms with Crippen LogP contribution in [-0.2, 0) is 24.6 Å². The zero-order valence-electron chi connectivity index (χ0n) is 8.09. The van der Waals surface area contributed by atoms with Crippen LogP contribution in [0.4, 0.5) is 0 Å². The molecule has 0 radical (unpaired) electrons. The van der Waals surface area contributed by atoms with E-state index in [1.807, 2.05) is 0 Å². The molecular weight excluding hydrogens is 254 g/mol. The van der Waals surface area contributed by atoms with Crippen LogP contribution in [0.15, 0.2) is 30.3 Å². The second-order valence-electron chi connectivity index (χ2n) is 2.81. The maximum absolute atomic E-state index is 10.5. The molecule has 0 saturated carbocycles. The van der Waals surface area contributed by atoms with E-state index >= 15 is 0 Å². The Bertz CT molecular complexity index is 352. The predicted octanol–water partition coefficient (Wildman–Crippen LogP) is 1.89. The van der Waals surface area contributed by atoms with E-state index in [4.69, 9.17) is 9.79 Å². The molecule has 0 spiro atoms. The van der Waals surface area contributed by atoms with Crippen LogP contribution >= 0.6 is 16.5 Å². The van der Waals surface area contributed by atoms with Crippen LogP contribution in [0.2, 0.25) is 0 Å². The lowest BCUT2D eigenvalue weighted by Crippen LogP contribution is -2.13. The van der Waals surface area contributed by atoms with E-state index in [2.05, 4.69) is 9.05 Å². The Morgan fingerprint density at radius 1 is 1.06 bits per heavy atom. The molecule has 6 nitrogen and oxygen atoms in total. The second-order valence-corrected chi connectivity index (χ2v) is 4.18. The lowest BCUT2D eigenvalue weighted by atomic mass is 10.1. The van der Waals surface area contributed by atoms with E-state index in [-0.39, 0.29) is 6.42 Å². The number of rotatable bonds is 6. The van der Waals surface area contributed by atoms with Gasteiger partial charge in [0.15, 0.2) is 0 Å². The van der Waals surface area contributed by atoms with Gasteiger partial charge in [0.25, 0.3) is 6.29 Å². The van der Waals surface area contributed by atoms with Gasteiger partial charge >= 0.3 is 16.5 Å². The molecule has 1 aromatic rings. The molecule has 0 aliphatic heterocycles. The van der Waals surface area contributed by atoms with Crippen LogP contribution in [0.5, 0.6) is 0 Å². The van der Waals surface area contributed by atoms with Crippen molar-refractivity contribution >= 4 is 16.5 Å². The van der Waals surface area contributed by atoms with Crippen molar-refractivity contribution in [3.63, 3.8) is 0 Å². The van der Waals surface area contributed by atoms with E-state index in [0.717, 1.165) is 5.56 Å². The predicted molar refractivity (Wildman–Crippen MR) is 55.8 cm³/mol. The molecule has 0 aliphatic rings. The second kappa shape index (κ2) is 6.76. The molecule has 86 valence electrons. The molecule has 16 heavy (non-hydrogen) atoms. The van der Waals surface area contributed by atoms with Gasteiger partial charge in [0, 0.05) is 15.6 Å². The quantitative estimate of drug-likeness (QED) is 0.602. The summed E-state index contributed by atoms with van der Waals surface area (Å²) in [6.45, 7) is 0. The Labute approximate surface area is 93.7 Å². The standard InChI is InChI=1S/C8H8O6P2/c9-15(10)13-8(14-16(11)12)6-7-4-2-1-3-5-7/h1-5,8H,6H2/p+2. The summed E-state index contributed by atoms with van der Waals surface area (Å²) >= 11 is 0. The first-order chi connectivity index (χ1) is 7.58. The monoisotopic (exact) mass is 264 g/mol. The fraction of sp³-hybridized carbons (Fsp3) is 0.250. The third-order valence-electron chi connectivity index (χ3n) is 1.66. The van der Waals surface area contributed by atoms with Crippen LogP contribution < -0.4 is 0 Å². The highest BCUT2D eigenvalue weighted by Gasteiger charge is 2.32. The summed E-state index contributed by atoms with van der Waals surface area (Å²) < 4.78 is 29.8. The summed E-state index contributed by atoms with van der Waals surface area (Å²) in [5.41, 5.74) is 0.765. The largest absolute Gasteiger partial charge is 0.697 e. The highest BCUT2D eigenvalue weighted by molar-refractivity contribution is 7.32. The lowest BCUT2D eigenvalue weighted by molar-refractivity contribution is 0.00346. The third kappa shape index (κ3) is 5.37. The fourth-order valence-corrected chi connectivity index (χ4v) is 1.81. The zero-order chi connectivity index (χ0) is 12.0. The van der Waals surface area contributed by atoms with Gasteiger partial charge in [-0.05, 0) is 5.56 Å². The minimum atomic E-state index is -2.88. The van der Waals surface area contributed by atoms with E-state index in [0.29, 0.717) is 0 Å². The van der Waals surface area contributed by atoms with E-state index in [1.165, 1.54) is 0 Å². The van der Waals surface area contributed by atoms with Crippen molar-refractivity contribution < 1.29 is 28.0 Å². The maximum Gasteiger partial charge on any atom is 0.697 e. The van der Waals surface area contributed by atoms with E-state index in [9.17, 15) is 9.13 Å². The molecule has 1 rings (SSSR count). The van der Waals surface area contributed by atoms with Crippen molar-refractivity contribution in [1.82, 2.24) is 0 Å². The zero-order valence-corrected chi connectivity index (χ0v) is 9.88. The molecule has 0 aromatic heterocycles. The minimum Gasteiger partial charge on any atom is -0.133 e. The van der Waals surface area contributed by atoms with Gasteiger partial charge in [-0.15, -0.1) is 9.79 Å². The summed E-state index contributed by atoms with van der Waals surface area (Å²) in [7, 11) is -5.76. The Morgan fingerprint density at radius 2 is 1.56 bits per heavy atom. The lowest BCUT2D eigenvalue weighted by Gasteiger charge is -2.02. The van der Waals surface area contributed by atoms with Crippen LogP contribution in [0, 0.1) is 0 Å². The van der Waals surface area contributed by atoms with Crippen molar-refractivity contribution in [2.75, 3.05) is 0 Å². The fourth-order valence-electron chi connectivity index (χ4n) is 1.10. The molecule has 0 heterocycles. The molecule has 0 saturated heterocycles. The van der Waals surface area contributed by atoms with Crippen molar-refractivity contribution in [2.24, 2.45) is 0 Å². The summed E-state index contributed by atoms with van der Waals surface area (Å²) in [5.74, 6) is 0. The molecule has 0 fully saturated rings. The summed E-state index contributed by atoms with van der Waals surface area (Å²) in [4.78, 5) is 17.1. The summed E-state index contributed by atoms with van der Waals surface area (Å²) in [6, 6.07) is 8.83.